The Hall–Kier alpha value is -2.35. The lowest BCUT2D eigenvalue weighted by Gasteiger charge is -2.20. The molecule has 0 saturated heterocycles. The summed E-state index contributed by atoms with van der Waals surface area (Å²) in [6.07, 6.45) is 8.65. The largest absolute Gasteiger partial charge is 0.422 e. The van der Waals surface area contributed by atoms with Crippen LogP contribution in [-0.4, -0.2) is 15.3 Å². The second-order valence-corrected chi connectivity index (χ2v) is 7.94. The summed E-state index contributed by atoms with van der Waals surface area (Å²) in [6.45, 7) is 13.7. The van der Waals surface area contributed by atoms with Crippen molar-refractivity contribution in [1.29, 1.82) is 0 Å². The molecule has 7 nitrogen and oxygen atoms in total. The molecule has 4 rings (SSSR count). The highest BCUT2D eigenvalue weighted by Crippen LogP contribution is 2.41. The van der Waals surface area contributed by atoms with E-state index < -0.39 is 5.60 Å². The second-order valence-electron chi connectivity index (χ2n) is 7.94. The summed E-state index contributed by atoms with van der Waals surface area (Å²) in [4.78, 5) is 4.13. The number of anilines is 2. The predicted octanol–water partition coefficient (Wildman–Crippen LogP) is 4.54. The molecule has 166 valence electrons. The van der Waals surface area contributed by atoms with Gasteiger partial charge < -0.3 is 25.4 Å². The van der Waals surface area contributed by atoms with E-state index in [-0.39, 0.29) is 5.89 Å². The van der Waals surface area contributed by atoms with E-state index in [0.717, 1.165) is 12.8 Å². The molecule has 0 radical (unpaired) electrons. The number of benzene rings is 1. The molecule has 0 unspecified atom stereocenters. The first-order valence-corrected chi connectivity index (χ1v) is 10.7. The Kier molecular flexibility index (Phi) is 8.06. The third kappa shape index (κ3) is 4.86. The van der Waals surface area contributed by atoms with Gasteiger partial charge in [-0.15, -0.1) is 0 Å². The van der Waals surface area contributed by atoms with Crippen LogP contribution in [0.1, 0.15) is 74.2 Å². The average Bonchev–Trinajstić information content (AvgIpc) is 3.47. The fraction of sp³-hybridized carbons (Fsp3) is 0.522. The molecule has 2 aliphatic carbocycles. The van der Waals surface area contributed by atoms with Crippen LogP contribution in [0.3, 0.4) is 0 Å². The summed E-state index contributed by atoms with van der Waals surface area (Å²) < 4.78 is 5.59. The molecule has 0 atom stereocenters. The number of rotatable bonds is 5. The standard InChI is InChI=1S/C21H27N3O2.C2H6.H3NO/c1-12-14-7-5-9-16(14)19(17-10-6-8-15(12)17)24-13(2)23-18-11-22-20(26-18)21(3,4)25;2*1-2/h11,23-25H,2,5-10H2,1,3-4H3;1-2H3;2H,1H2. The van der Waals surface area contributed by atoms with Gasteiger partial charge in [0.05, 0.1) is 6.20 Å². The highest BCUT2D eigenvalue weighted by molar-refractivity contribution is 5.70. The number of oxazole rings is 1. The lowest BCUT2D eigenvalue weighted by atomic mass is 9.93. The molecule has 6 N–H and O–H groups in total. The first kappa shape index (κ1) is 23.9. The molecule has 0 spiro atoms. The van der Waals surface area contributed by atoms with Crippen LogP contribution in [0, 0.1) is 6.92 Å². The smallest absolute Gasteiger partial charge is 0.228 e. The minimum absolute atomic E-state index is 0.282. The Labute approximate surface area is 179 Å². The Bertz CT molecular complexity index is 846. The molecule has 0 aliphatic heterocycles. The predicted molar refractivity (Wildman–Crippen MR) is 121 cm³/mol. The molecule has 2 aromatic rings. The van der Waals surface area contributed by atoms with Gasteiger partial charge in [0.2, 0.25) is 11.8 Å². The van der Waals surface area contributed by atoms with Crippen molar-refractivity contribution in [1.82, 2.24) is 4.98 Å². The van der Waals surface area contributed by atoms with Gasteiger partial charge in [0.1, 0.15) is 11.4 Å². The average molecular weight is 417 g/mol. The molecule has 1 aromatic heterocycles. The summed E-state index contributed by atoms with van der Waals surface area (Å²) in [5, 5.41) is 23.1. The number of hydrogen-bond donors (Lipinski definition) is 5. The molecule has 1 heterocycles. The van der Waals surface area contributed by atoms with E-state index in [1.54, 1.807) is 20.0 Å². The van der Waals surface area contributed by atoms with Gasteiger partial charge in [-0.05, 0) is 87.1 Å². The van der Waals surface area contributed by atoms with Gasteiger partial charge in [0.25, 0.3) is 0 Å². The van der Waals surface area contributed by atoms with Crippen molar-refractivity contribution in [3.05, 3.63) is 52.3 Å². The number of fused-ring (bicyclic) bond motifs is 2. The second kappa shape index (κ2) is 10.1. The van der Waals surface area contributed by atoms with E-state index in [4.69, 9.17) is 9.62 Å². The minimum atomic E-state index is -1.10. The van der Waals surface area contributed by atoms with Crippen LogP contribution in [0.15, 0.2) is 23.0 Å². The van der Waals surface area contributed by atoms with E-state index in [9.17, 15) is 5.11 Å². The summed E-state index contributed by atoms with van der Waals surface area (Å²) in [5.74, 6) is 4.92. The van der Waals surface area contributed by atoms with Gasteiger partial charge in [-0.1, -0.05) is 20.4 Å². The zero-order valence-electron chi connectivity index (χ0n) is 18.9. The lowest BCUT2D eigenvalue weighted by Crippen LogP contribution is -2.15. The first-order valence-electron chi connectivity index (χ1n) is 10.7. The van der Waals surface area contributed by atoms with Crippen molar-refractivity contribution >= 4 is 11.6 Å². The van der Waals surface area contributed by atoms with Gasteiger partial charge in [-0.2, -0.15) is 0 Å². The fourth-order valence-electron chi connectivity index (χ4n) is 4.33. The van der Waals surface area contributed by atoms with E-state index in [1.807, 2.05) is 13.8 Å². The third-order valence-electron chi connectivity index (χ3n) is 5.52. The maximum absolute atomic E-state index is 9.99. The van der Waals surface area contributed by atoms with Crippen molar-refractivity contribution in [3.63, 3.8) is 0 Å². The van der Waals surface area contributed by atoms with Crippen LogP contribution in [0.2, 0.25) is 0 Å². The molecule has 7 heteroatoms. The maximum Gasteiger partial charge on any atom is 0.228 e. The molecule has 0 saturated carbocycles. The highest BCUT2D eigenvalue weighted by atomic mass is 16.4. The normalized spacial score (nSPS) is 14.0. The van der Waals surface area contributed by atoms with Crippen LogP contribution >= 0.6 is 0 Å². The van der Waals surface area contributed by atoms with Crippen LogP contribution in [-0.2, 0) is 31.3 Å². The summed E-state index contributed by atoms with van der Waals surface area (Å²) in [7, 11) is 0. The van der Waals surface area contributed by atoms with Gasteiger partial charge in [0.15, 0.2) is 0 Å². The van der Waals surface area contributed by atoms with Crippen molar-refractivity contribution in [2.75, 3.05) is 10.6 Å². The number of aliphatic hydroxyl groups is 1. The third-order valence-corrected chi connectivity index (χ3v) is 5.52. The fourth-order valence-corrected chi connectivity index (χ4v) is 4.33. The molecule has 0 bridgehead atoms. The number of hydrogen-bond acceptors (Lipinski definition) is 7. The topological polar surface area (TPSA) is 117 Å². The summed E-state index contributed by atoms with van der Waals surface area (Å²) >= 11 is 0. The van der Waals surface area contributed by atoms with E-state index in [1.165, 1.54) is 59.2 Å². The van der Waals surface area contributed by atoms with Crippen molar-refractivity contribution in [2.45, 2.75) is 78.7 Å². The lowest BCUT2D eigenvalue weighted by molar-refractivity contribution is 0.0491. The number of nitrogens with two attached hydrogens (primary N) is 1. The molecular formula is C23H36N4O3. The van der Waals surface area contributed by atoms with Gasteiger partial charge in [-0.25, -0.2) is 10.9 Å². The molecule has 2 aliphatic rings. The number of nitrogens with zero attached hydrogens (tertiary/aromatic N) is 1. The van der Waals surface area contributed by atoms with Crippen molar-refractivity contribution < 1.29 is 14.7 Å². The monoisotopic (exact) mass is 416 g/mol. The number of nitrogens with one attached hydrogen (secondary N) is 2. The first-order chi connectivity index (χ1) is 14.3. The molecular weight excluding hydrogens is 380 g/mol. The summed E-state index contributed by atoms with van der Waals surface area (Å²) in [6, 6.07) is 0. The van der Waals surface area contributed by atoms with E-state index in [2.05, 4.69) is 35.0 Å². The van der Waals surface area contributed by atoms with Gasteiger partial charge >= 0.3 is 0 Å². The highest BCUT2D eigenvalue weighted by Gasteiger charge is 2.27. The van der Waals surface area contributed by atoms with Crippen molar-refractivity contribution in [2.24, 2.45) is 5.90 Å². The van der Waals surface area contributed by atoms with Crippen molar-refractivity contribution in [3.8, 4) is 0 Å². The molecule has 0 fully saturated rings. The van der Waals surface area contributed by atoms with Crippen LogP contribution in [0.5, 0.6) is 0 Å². The van der Waals surface area contributed by atoms with Crippen LogP contribution in [0.25, 0.3) is 0 Å². The molecule has 30 heavy (non-hydrogen) atoms. The quantitative estimate of drug-likeness (QED) is 0.454. The Balaban J connectivity index is 0.000000757. The Morgan fingerprint density at radius 1 is 1.03 bits per heavy atom. The summed E-state index contributed by atoms with van der Waals surface area (Å²) in [5.41, 5.74) is 7.64. The Morgan fingerprint density at radius 3 is 2.00 bits per heavy atom. The Morgan fingerprint density at radius 2 is 1.53 bits per heavy atom. The number of aromatic nitrogens is 1. The zero-order chi connectivity index (χ0) is 22.5. The van der Waals surface area contributed by atoms with Crippen LogP contribution in [0.4, 0.5) is 11.6 Å². The zero-order valence-corrected chi connectivity index (χ0v) is 18.9. The van der Waals surface area contributed by atoms with Gasteiger partial charge in [0, 0.05) is 5.69 Å². The van der Waals surface area contributed by atoms with E-state index in [0.29, 0.717) is 11.7 Å². The van der Waals surface area contributed by atoms with Gasteiger partial charge in [-0.3, -0.25) is 0 Å². The molecule has 1 aromatic carbocycles. The SMILES string of the molecule is C=C(Nc1cnc(C(C)(C)O)o1)Nc1c2c(c(C)c3c1CCC3)CCC2.CC.NO. The van der Waals surface area contributed by atoms with E-state index >= 15 is 0 Å². The minimum Gasteiger partial charge on any atom is -0.422 e. The molecule has 0 amide bonds. The maximum atomic E-state index is 9.99. The van der Waals surface area contributed by atoms with Crippen LogP contribution < -0.4 is 16.5 Å².